The van der Waals surface area contributed by atoms with E-state index in [9.17, 15) is 4.39 Å². The third kappa shape index (κ3) is 2.83. The number of hydrogen-bond acceptors (Lipinski definition) is 3. The Balaban J connectivity index is 2.51. The molecule has 3 nitrogen and oxygen atoms in total. The maximum Gasteiger partial charge on any atom is 0.188 e. The van der Waals surface area contributed by atoms with Crippen molar-refractivity contribution in [3.05, 3.63) is 44.1 Å². The number of anilines is 2. The molecule has 0 aliphatic carbocycles. The molecule has 0 radical (unpaired) electrons. The summed E-state index contributed by atoms with van der Waals surface area (Å²) in [6.45, 7) is 0. The molecule has 0 amide bonds. The zero-order valence-corrected chi connectivity index (χ0v) is 12.7. The molecule has 20 heavy (non-hydrogen) atoms. The fourth-order valence-electron chi connectivity index (χ4n) is 1.45. The second kappa shape index (κ2) is 5.74. The van der Waals surface area contributed by atoms with Crippen molar-refractivity contribution in [2.24, 2.45) is 0 Å². The molecule has 8 heteroatoms. The summed E-state index contributed by atoms with van der Waals surface area (Å²) >= 11 is 23.3. The topological polar surface area (TPSA) is 61.3 Å². The van der Waals surface area contributed by atoms with Gasteiger partial charge < -0.3 is 16.2 Å². The molecule has 0 unspecified atom stereocenters. The maximum absolute atomic E-state index is 14.0. The third-order valence-electron chi connectivity index (χ3n) is 2.41. The number of halogens is 5. The Kier molecular flexibility index (Phi) is 4.39. The Morgan fingerprint density at radius 2 is 1.45 bits per heavy atom. The molecule has 0 aliphatic rings. The highest BCUT2D eigenvalue weighted by molar-refractivity contribution is 6.43. The van der Waals surface area contributed by atoms with Crippen LogP contribution in [0.4, 0.5) is 15.8 Å². The summed E-state index contributed by atoms with van der Waals surface area (Å²) in [7, 11) is 0. The van der Waals surface area contributed by atoms with Crippen molar-refractivity contribution in [1.29, 1.82) is 0 Å². The minimum Gasteiger partial charge on any atom is -0.450 e. The van der Waals surface area contributed by atoms with Gasteiger partial charge in [-0.1, -0.05) is 46.4 Å². The maximum atomic E-state index is 14.0. The van der Waals surface area contributed by atoms with Gasteiger partial charge in [-0.25, -0.2) is 4.39 Å². The van der Waals surface area contributed by atoms with Crippen molar-refractivity contribution in [2.75, 3.05) is 11.5 Å². The average molecular weight is 356 g/mol. The summed E-state index contributed by atoms with van der Waals surface area (Å²) in [5.41, 5.74) is 11.1. The molecule has 0 spiro atoms. The van der Waals surface area contributed by atoms with Crippen LogP contribution in [0, 0.1) is 5.82 Å². The SMILES string of the molecule is Nc1cc(N)c(Oc2cc(Cl)c(Cl)cc2Cl)c(F)c1Cl. The van der Waals surface area contributed by atoms with Crippen LogP contribution in [0.3, 0.4) is 0 Å². The monoisotopic (exact) mass is 354 g/mol. The lowest BCUT2D eigenvalue weighted by atomic mass is 10.2. The van der Waals surface area contributed by atoms with E-state index in [0.717, 1.165) is 0 Å². The number of nitrogen functional groups attached to an aromatic ring is 2. The number of benzene rings is 2. The van der Waals surface area contributed by atoms with Gasteiger partial charge in [0, 0.05) is 6.07 Å². The normalized spacial score (nSPS) is 10.7. The first kappa shape index (κ1) is 15.3. The molecule has 0 heterocycles. The Labute approximate surface area is 134 Å². The van der Waals surface area contributed by atoms with Crippen LogP contribution in [0.25, 0.3) is 0 Å². The number of ether oxygens (including phenoxy) is 1. The highest BCUT2D eigenvalue weighted by atomic mass is 35.5. The van der Waals surface area contributed by atoms with Gasteiger partial charge in [0.25, 0.3) is 0 Å². The molecule has 106 valence electrons. The zero-order valence-electron chi connectivity index (χ0n) is 9.68. The van der Waals surface area contributed by atoms with E-state index in [1.807, 2.05) is 0 Å². The molecular weight excluding hydrogens is 349 g/mol. The van der Waals surface area contributed by atoms with Crippen molar-refractivity contribution < 1.29 is 9.13 Å². The first-order valence-corrected chi connectivity index (χ1v) is 6.67. The molecule has 4 N–H and O–H groups in total. The summed E-state index contributed by atoms with van der Waals surface area (Å²) in [5.74, 6) is -1.08. The number of hydrogen-bond donors (Lipinski definition) is 2. The van der Waals surface area contributed by atoms with Crippen LogP contribution < -0.4 is 16.2 Å². The number of nitrogens with two attached hydrogens (primary N) is 2. The highest BCUT2D eigenvalue weighted by Gasteiger charge is 2.18. The summed E-state index contributed by atoms with van der Waals surface area (Å²) in [6, 6.07) is 4.00. The van der Waals surface area contributed by atoms with Crippen LogP contribution in [0.5, 0.6) is 11.5 Å². The molecule has 0 aliphatic heterocycles. The quantitative estimate of drug-likeness (QED) is 0.560. The van der Waals surface area contributed by atoms with Crippen molar-refractivity contribution in [2.45, 2.75) is 0 Å². The summed E-state index contributed by atoms with van der Waals surface area (Å²) in [4.78, 5) is 0. The lowest BCUT2D eigenvalue weighted by molar-refractivity contribution is 0.445. The van der Waals surface area contributed by atoms with Gasteiger partial charge in [0.2, 0.25) is 0 Å². The van der Waals surface area contributed by atoms with Crippen LogP contribution in [-0.4, -0.2) is 0 Å². The van der Waals surface area contributed by atoms with Crippen molar-refractivity contribution in [3.63, 3.8) is 0 Å². The van der Waals surface area contributed by atoms with Gasteiger partial charge in [0.15, 0.2) is 11.6 Å². The molecule has 0 bridgehead atoms. The molecule has 0 aromatic heterocycles. The second-order valence-electron chi connectivity index (χ2n) is 3.81. The molecule has 0 atom stereocenters. The van der Waals surface area contributed by atoms with E-state index < -0.39 is 5.82 Å². The molecule has 0 fully saturated rings. The fraction of sp³-hybridized carbons (Fsp3) is 0. The standard InChI is InChI=1S/C12H7Cl4FN2O/c13-4-1-6(15)9(2-5(4)14)20-12-8(19)3-7(18)10(16)11(12)17/h1-3H,18-19H2. The summed E-state index contributed by atoms with van der Waals surface area (Å²) < 4.78 is 19.3. The smallest absolute Gasteiger partial charge is 0.188 e. The van der Waals surface area contributed by atoms with Crippen molar-refractivity contribution in [1.82, 2.24) is 0 Å². The van der Waals surface area contributed by atoms with Gasteiger partial charge in [-0.2, -0.15) is 0 Å². The van der Waals surface area contributed by atoms with Gasteiger partial charge in [-0.3, -0.25) is 0 Å². The molecule has 2 aromatic rings. The highest BCUT2D eigenvalue weighted by Crippen LogP contribution is 2.41. The van der Waals surface area contributed by atoms with Crippen LogP contribution in [0.2, 0.25) is 20.1 Å². The van der Waals surface area contributed by atoms with E-state index in [0.29, 0.717) is 0 Å². The Morgan fingerprint density at radius 1 is 0.850 bits per heavy atom. The molecular formula is C12H7Cl4FN2O. The van der Waals surface area contributed by atoms with Crippen LogP contribution in [0.15, 0.2) is 18.2 Å². The lowest BCUT2D eigenvalue weighted by Gasteiger charge is -2.13. The third-order valence-corrected chi connectivity index (χ3v) is 3.81. The van der Waals surface area contributed by atoms with E-state index in [1.54, 1.807) is 0 Å². The van der Waals surface area contributed by atoms with E-state index in [1.165, 1.54) is 18.2 Å². The summed E-state index contributed by atoms with van der Waals surface area (Å²) in [5, 5.41) is 0.302. The van der Waals surface area contributed by atoms with Crippen LogP contribution in [0.1, 0.15) is 0 Å². The Morgan fingerprint density at radius 3 is 2.10 bits per heavy atom. The minimum absolute atomic E-state index is 0.00857. The van der Waals surface area contributed by atoms with Gasteiger partial charge >= 0.3 is 0 Å². The van der Waals surface area contributed by atoms with Crippen LogP contribution >= 0.6 is 46.4 Å². The average Bonchev–Trinajstić information content (AvgIpc) is 2.38. The van der Waals surface area contributed by atoms with E-state index >= 15 is 0 Å². The van der Waals surface area contributed by atoms with Gasteiger partial charge in [0.05, 0.1) is 26.4 Å². The molecule has 2 aromatic carbocycles. The predicted octanol–water partition coefficient (Wildman–Crippen LogP) is 5.40. The van der Waals surface area contributed by atoms with Crippen molar-refractivity contribution in [3.8, 4) is 11.5 Å². The summed E-state index contributed by atoms with van der Waals surface area (Å²) in [6.07, 6.45) is 0. The second-order valence-corrected chi connectivity index (χ2v) is 5.41. The van der Waals surface area contributed by atoms with Crippen LogP contribution in [-0.2, 0) is 0 Å². The largest absolute Gasteiger partial charge is 0.450 e. The van der Waals surface area contributed by atoms with E-state index in [-0.39, 0.29) is 43.0 Å². The van der Waals surface area contributed by atoms with Gasteiger partial charge in [-0.15, -0.1) is 0 Å². The first-order valence-electron chi connectivity index (χ1n) is 5.16. The fourth-order valence-corrected chi connectivity index (χ4v) is 2.16. The number of rotatable bonds is 2. The molecule has 0 saturated heterocycles. The lowest BCUT2D eigenvalue weighted by Crippen LogP contribution is -2.00. The zero-order chi connectivity index (χ0) is 15.0. The minimum atomic E-state index is -0.883. The van der Waals surface area contributed by atoms with Gasteiger partial charge in [0.1, 0.15) is 10.8 Å². The predicted molar refractivity (Wildman–Crippen MR) is 81.8 cm³/mol. The molecule has 0 saturated carbocycles. The first-order chi connectivity index (χ1) is 9.31. The van der Waals surface area contributed by atoms with E-state index in [4.69, 9.17) is 62.6 Å². The van der Waals surface area contributed by atoms with Crippen molar-refractivity contribution >= 4 is 57.8 Å². The Bertz CT molecular complexity index is 694. The Hall–Kier alpha value is -1.07. The van der Waals surface area contributed by atoms with E-state index in [2.05, 4.69) is 0 Å². The molecule has 2 rings (SSSR count). The van der Waals surface area contributed by atoms with Gasteiger partial charge in [-0.05, 0) is 12.1 Å².